The van der Waals surface area contributed by atoms with Crippen LogP contribution in [0, 0.1) is 0 Å². The van der Waals surface area contributed by atoms with Gasteiger partial charge in [-0.3, -0.25) is 0 Å². The largest absolute Gasteiger partial charge is 0.325 e. The van der Waals surface area contributed by atoms with E-state index in [1.165, 1.54) is 28.3 Å². The number of aromatic nitrogens is 1. The average Bonchev–Trinajstić information content (AvgIpc) is 2.97. The normalized spacial score (nSPS) is 17.1. The number of hydrogen-bond donors (Lipinski definition) is 1. The first-order valence-corrected chi connectivity index (χ1v) is 6.80. The number of rotatable bonds is 3. The molecule has 0 unspecified atom stereocenters. The van der Waals surface area contributed by atoms with E-state index in [0.717, 1.165) is 5.69 Å². The zero-order chi connectivity index (χ0) is 11.9. The van der Waals surface area contributed by atoms with Crippen molar-refractivity contribution in [2.75, 3.05) is 0 Å². The van der Waals surface area contributed by atoms with Gasteiger partial charge in [0.1, 0.15) is 0 Å². The molecular formula is C14H16N2S. The van der Waals surface area contributed by atoms with Crippen molar-refractivity contribution in [3.05, 3.63) is 41.0 Å². The highest BCUT2D eigenvalue weighted by Crippen LogP contribution is 2.50. The Bertz CT molecular complexity index is 526. The molecule has 1 heterocycles. The highest BCUT2D eigenvalue weighted by Gasteiger charge is 2.42. The van der Waals surface area contributed by atoms with Gasteiger partial charge >= 0.3 is 0 Å². The van der Waals surface area contributed by atoms with Crippen LogP contribution in [0.4, 0.5) is 0 Å². The van der Waals surface area contributed by atoms with Gasteiger partial charge in [0.15, 0.2) is 0 Å². The van der Waals surface area contributed by atoms with Crippen molar-refractivity contribution < 1.29 is 0 Å². The molecule has 0 atom stereocenters. The second-order valence-corrected chi connectivity index (χ2v) is 5.92. The van der Waals surface area contributed by atoms with E-state index >= 15 is 0 Å². The summed E-state index contributed by atoms with van der Waals surface area (Å²) in [7, 11) is 0. The van der Waals surface area contributed by atoms with Crippen LogP contribution in [-0.4, -0.2) is 4.98 Å². The highest BCUT2D eigenvalue weighted by molar-refractivity contribution is 7.15. The lowest BCUT2D eigenvalue weighted by molar-refractivity contribution is 0.768. The summed E-state index contributed by atoms with van der Waals surface area (Å²) in [6, 6.07) is 10.4. The Morgan fingerprint density at radius 2 is 2.00 bits per heavy atom. The van der Waals surface area contributed by atoms with E-state index in [-0.39, 0.29) is 0 Å². The summed E-state index contributed by atoms with van der Waals surface area (Å²) in [5.41, 5.74) is 8.43. The molecule has 0 saturated heterocycles. The molecule has 88 valence electrons. The van der Waals surface area contributed by atoms with Crippen LogP contribution in [0.25, 0.3) is 10.4 Å². The monoisotopic (exact) mass is 244 g/mol. The van der Waals surface area contributed by atoms with E-state index in [4.69, 9.17) is 10.7 Å². The van der Waals surface area contributed by atoms with Crippen LogP contribution in [0.15, 0.2) is 30.3 Å². The van der Waals surface area contributed by atoms with E-state index in [1.54, 1.807) is 0 Å². The zero-order valence-corrected chi connectivity index (χ0v) is 10.8. The number of nitrogens with zero attached hydrogens (tertiary/aromatic N) is 1. The van der Waals surface area contributed by atoms with Crippen LogP contribution >= 0.6 is 11.3 Å². The van der Waals surface area contributed by atoms with Gasteiger partial charge < -0.3 is 5.73 Å². The molecule has 1 saturated carbocycles. The lowest BCUT2D eigenvalue weighted by Crippen LogP contribution is -2.02. The maximum atomic E-state index is 5.81. The van der Waals surface area contributed by atoms with Gasteiger partial charge in [0, 0.05) is 12.0 Å². The van der Waals surface area contributed by atoms with Gasteiger partial charge in [0.05, 0.1) is 15.6 Å². The minimum atomic E-state index is 0.335. The van der Waals surface area contributed by atoms with Crippen LogP contribution in [-0.2, 0) is 12.0 Å². The molecule has 2 aromatic rings. The van der Waals surface area contributed by atoms with Gasteiger partial charge in [-0.2, -0.15) is 0 Å². The van der Waals surface area contributed by atoms with Crippen molar-refractivity contribution in [2.45, 2.75) is 31.7 Å². The molecule has 1 aliphatic rings. The summed E-state index contributed by atoms with van der Waals surface area (Å²) < 4.78 is 0. The third-order valence-corrected chi connectivity index (χ3v) is 4.90. The highest BCUT2D eigenvalue weighted by atomic mass is 32.1. The smallest absolute Gasteiger partial charge is 0.0994 e. The fourth-order valence-electron chi connectivity index (χ4n) is 1.96. The first-order chi connectivity index (χ1) is 8.23. The summed E-state index contributed by atoms with van der Waals surface area (Å²) in [6.45, 7) is 2.82. The minimum absolute atomic E-state index is 0.335. The Morgan fingerprint density at radius 1 is 1.29 bits per heavy atom. The summed E-state index contributed by atoms with van der Waals surface area (Å²) in [5.74, 6) is 0. The molecule has 0 aliphatic heterocycles. The molecular weight excluding hydrogens is 228 g/mol. The Morgan fingerprint density at radius 3 is 2.59 bits per heavy atom. The van der Waals surface area contributed by atoms with Crippen LogP contribution in [0.5, 0.6) is 0 Å². The molecule has 1 aromatic heterocycles. The van der Waals surface area contributed by atoms with E-state index < -0.39 is 0 Å². The standard InChI is InChI=1S/C14H16N2S/c1-14(7-8-14)13-16-11(9-15)12(17-13)10-5-3-2-4-6-10/h2-6H,7-9,15H2,1H3. The van der Waals surface area contributed by atoms with E-state index in [1.807, 2.05) is 17.4 Å². The molecule has 1 aliphatic carbocycles. The second-order valence-electron chi connectivity index (χ2n) is 4.93. The molecule has 0 radical (unpaired) electrons. The van der Waals surface area contributed by atoms with Crippen molar-refractivity contribution in [1.82, 2.24) is 4.98 Å². The molecule has 3 heteroatoms. The Balaban J connectivity index is 2.07. The zero-order valence-electron chi connectivity index (χ0n) is 9.94. The number of hydrogen-bond acceptors (Lipinski definition) is 3. The third-order valence-electron chi connectivity index (χ3n) is 3.44. The number of benzene rings is 1. The van der Waals surface area contributed by atoms with Crippen molar-refractivity contribution in [1.29, 1.82) is 0 Å². The maximum absolute atomic E-state index is 5.81. The van der Waals surface area contributed by atoms with Gasteiger partial charge in [-0.1, -0.05) is 37.3 Å². The van der Waals surface area contributed by atoms with E-state index in [9.17, 15) is 0 Å². The molecule has 2 N–H and O–H groups in total. The lowest BCUT2D eigenvalue weighted by atomic mass is 10.1. The summed E-state index contributed by atoms with van der Waals surface area (Å²) >= 11 is 1.82. The van der Waals surface area contributed by atoms with Gasteiger partial charge in [0.2, 0.25) is 0 Å². The van der Waals surface area contributed by atoms with Crippen LogP contribution in [0.3, 0.4) is 0 Å². The van der Waals surface area contributed by atoms with Crippen LogP contribution in [0.1, 0.15) is 30.5 Å². The summed E-state index contributed by atoms with van der Waals surface area (Å²) in [5, 5.41) is 1.26. The summed E-state index contributed by atoms with van der Waals surface area (Å²) in [4.78, 5) is 5.98. The number of nitrogens with two attached hydrogens (primary N) is 1. The SMILES string of the molecule is CC1(c2nc(CN)c(-c3ccccc3)s2)CC1. The van der Waals surface area contributed by atoms with Crippen molar-refractivity contribution in [3.8, 4) is 10.4 Å². The van der Waals surface area contributed by atoms with Crippen molar-refractivity contribution in [3.63, 3.8) is 0 Å². The molecule has 1 aromatic carbocycles. The van der Waals surface area contributed by atoms with Crippen molar-refractivity contribution in [2.24, 2.45) is 5.73 Å². The first-order valence-electron chi connectivity index (χ1n) is 5.99. The Kier molecular flexibility index (Phi) is 2.53. The van der Waals surface area contributed by atoms with Gasteiger partial charge in [0.25, 0.3) is 0 Å². The molecule has 0 amide bonds. The minimum Gasteiger partial charge on any atom is -0.325 e. The Labute approximate surface area is 106 Å². The molecule has 17 heavy (non-hydrogen) atoms. The molecule has 0 bridgehead atoms. The van der Waals surface area contributed by atoms with Crippen LogP contribution < -0.4 is 5.73 Å². The summed E-state index contributed by atoms with van der Waals surface area (Å²) in [6.07, 6.45) is 2.53. The van der Waals surface area contributed by atoms with E-state index in [0.29, 0.717) is 12.0 Å². The van der Waals surface area contributed by atoms with Gasteiger partial charge in [-0.15, -0.1) is 11.3 Å². The maximum Gasteiger partial charge on any atom is 0.0994 e. The molecule has 2 nitrogen and oxygen atoms in total. The predicted octanol–water partition coefficient (Wildman–Crippen LogP) is 3.32. The predicted molar refractivity (Wildman–Crippen MR) is 72.0 cm³/mol. The fourth-order valence-corrected chi connectivity index (χ4v) is 3.27. The van der Waals surface area contributed by atoms with Gasteiger partial charge in [-0.25, -0.2) is 4.98 Å². The third kappa shape index (κ3) is 1.90. The fraction of sp³-hybridized carbons (Fsp3) is 0.357. The average molecular weight is 244 g/mol. The quantitative estimate of drug-likeness (QED) is 0.899. The second kappa shape index (κ2) is 3.93. The molecule has 0 spiro atoms. The lowest BCUT2D eigenvalue weighted by Gasteiger charge is -2.00. The number of thiazole rings is 1. The first kappa shape index (κ1) is 10.9. The van der Waals surface area contributed by atoms with E-state index in [2.05, 4.69) is 31.2 Å². The topological polar surface area (TPSA) is 38.9 Å². The van der Waals surface area contributed by atoms with Crippen LogP contribution in [0.2, 0.25) is 0 Å². The van der Waals surface area contributed by atoms with Gasteiger partial charge in [-0.05, 0) is 18.4 Å². The van der Waals surface area contributed by atoms with Crippen molar-refractivity contribution >= 4 is 11.3 Å². The molecule has 1 fully saturated rings. The Hall–Kier alpha value is -1.19. The molecule has 3 rings (SSSR count).